The highest BCUT2D eigenvalue weighted by atomic mass is 16.8. The van der Waals surface area contributed by atoms with Gasteiger partial charge in [-0.1, -0.05) is 0 Å². The summed E-state index contributed by atoms with van der Waals surface area (Å²) in [5.74, 6) is -0.881. The summed E-state index contributed by atoms with van der Waals surface area (Å²) in [5.41, 5.74) is -0.724. The Labute approximate surface area is 134 Å². The van der Waals surface area contributed by atoms with Gasteiger partial charge in [-0.05, 0) is 34.6 Å². The minimum atomic E-state index is -1.37. The van der Waals surface area contributed by atoms with Crippen LogP contribution in [0.1, 0.15) is 34.6 Å². The summed E-state index contributed by atoms with van der Waals surface area (Å²) in [4.78, 5) is 13.8. The van der Waals surface area contributed by atoms with Crippen molar-refractivity contribution >= 4 is 6.09 Å². The van der Waals surface area contributed by atoms with Crippen LogP contribution < -0.4 is 0 Å². The SMILES string of the molecule is CC(C)(C)OC(=O)N1[C@@H]2[C@@H]3OC(C)(C)O[C@@H]3[C@H]1[C@@H](O)C(O)[C@@H]2O. The molecule has 0 aromatic carbocycles. The Bertz CT molecular complexity index is 475. The minimum Gasteiger partial charge on any atom is -0.444 e. The van der Waals surface area contributed by atoms with Gasteiger partial charge in [0.1, 0.15) is 36.1 Å². The molecule has 23 heavy (non-hydrogen) atoms. The van der Waals surface area contributed by atoms with E-state index in [9.17, 15) is 20.1 Å². The van der Waals surface area contributed by atoms with Gasteiger partial charge in [-0.2, -0.15) is 0 Å². The van der Waals surface area contributed by atoms with Gasteiger partial charge >= 0.3 is 6.09 Å². The number of aliphatic hydroxyl groups excluding tert-OH is 3. The summed E-state index contributed by atoms with van der Waals surface area (Å²) in [5, 5.41) is 30.8. The topological polar surface area (TPSA) is 109 Å². The maximum absolute atomic E-state index is 12.6. The number of piperidine rings is 1. The summed E-state index contributed by atoms with van der Waals surface area (Å²) >= 11 is 0. The molecule has 1 unspecified atom stereocenters. The van der Waals surface area contributed by atoms with Crippen LogP contribution in [0.3, 0.4) is 0 Å². The van der Waals surface area contributed by atoms with E-state index in [4.69, 9.17) is 14.2 Å². The lowest BCUT2D eigenvalue weighted by molar-refractivity contribution is -0.209. The molecule has 3 rings (SSSR count). The van der Waals surface area contributed by atoms with Gasteiger partial charge < -0.3 is 29.5 Å². The van der Waals surface area contributed by atoms with Gasteiger partial charge in [0.15, 0.2) is 5.79 Å². The van der Waals surface area contributed by atoms with Crippen LogP contribution in [-0.2, 0) is 14.2 Å². The van der Waals surface area contributed by atoms with Crippen molar-refractivity contribution in [2.24, 2.45) is 0 Å². The van der Waals surface area contributed by atoms with Crippen molar-refractivity contribution in [3.05, 3.63) is 0 Å². The van der Waals surface area contributed by atoms with Crippen molar-refractivity contribution in [3.63, 3.8) is 0 Å². The molecule has 8 heteroatoms. The lowest BCUT2D eigenvalue weighted by Crippen LogP contribution is -2.66. The number of ether oxygens (including phenoxy) is 3. The smallest absolute Gasteiger partial charge is 0.411 e. The Kier molecular flexibility index (Phi) is 3.70. The van der Waals surface area contributed by atoms with E-state index < -0.39 is 60.1 Å². The third-order valence-corrected chi connectivity index (χ3v) is 4.48. The van der Waals surface area contributed by atoms with Crippen LogP contribution in [0.5, 0.6) is 0 Å². The molecule has 3 heterocycles. The van der Waals surface area contributed by atoms with Gasteiger partial charge in [0.2, 0.25) is 0 Å². The quantitative estimate of drug-likeness (QED) is 0.554. The molecule has 0 aliphatic carbocycles. The number of fused-ring (bicyclic) bond motifs is 5. The normalized spacial score (nSPS) is 45.0. The highest BCUT2D eigenvalue weighted by Gasteiger charge is 2.68. The molecule has 7 atom stereocenters. The van der Waals surface area contributed by atoms with Crippen LogP contribution in [0.4, 0.5) is 4.79 Å². The lowest BCUT2D eigenvalue weighted by Gasteiger charge is -2.45. The van der Waals surface area contributed by atoms with Crippen molar-refractivity contribution in [2.75, 3.05) is 0 Å². The Hall–Kier alpha value is -0.930. The molecule has 2 bridgehead atoms. The van der Waals surface area contributed by atoms with E-state index in [0.29, 0.717) is 0 Å². The molecule has 3 aliphatic heterocycles. The molecule has 0 aromatic rings. The first kappa shape index (κ1) is 16.9. The molecule has 8 nitrogen and oxygen atoms in total. The molecule has 0 spiro atoms. The number of carbonyl (C=O) groups excluding carboxylic acids is 1. The Morgan fingerprint density at radius 3 is 1.83 bits per heavy atom. The summed E-state index contributed by atoms with van der Waals surface area (Å²) in [6.07, 6.45) is -6.00. The van der Waals surface area contributed by atoms with Crippen molar-refractivity contribution in [2.45, 2.75) is 88.6 Å². The second kappa shape index (κ2) is 5.03. The zero-order chi connectivity index (χ0) is 17.3. The number of carbonyl (C=O) groups is 1. The van der Waals surface area contributed by atoms with E-state index in [1.165, 1.54) is 4.90 Å². The van der Waals surface area contributed by atoms with Crippen LogP contribution in [0.25, 0.3) is 0 Å². The van der Waals surface area contributed by atoms with E-state index >= 15 is 0 Å². The van der Waals surface area contributed by atoms with Gasteiger partial charge in [0.05, 0.1) is 12.1 Å². The fourth-order valence-corrected chi connectivity index (χ4v) is 3.74. The fourth-order valence-electron chi connectivity index (χ4n) is 3.74. The summed E-state index contributed by atoms with van der Waals surface area (Å²) in [6.45, 7) is 8.66. The number of hydrogen-bond acceptors (Lipinski definition) is 7. The molecular weight excluding hydrogens is 306 g/mol. The van der Waals surface area contributed by atoms with Crippen LogP contribution in [0.2, 0.25) is 0 Å². The molecule has 3 aliphatic rings. The van der Waals surface area contributed by atoms with Crippen molar-refractivity contribution in [1.29, 1.82) is 0 Å². The molecule has 3 saturated heterocycles. The first-order valence-electron chi connectivity index (χ1n) is 7.84. The number of aliphatic hydroxyl groups is 3. The highest BCUT2D eigenvalue weighted by molar-refractivity contribution is 5.70. The van der Waals surface area contributed by atoms with Crippen molar-refractivity contribution in [3.8, 4) is 0 Å². The largest absolute Gasteiger partial charge is 0.444 e. The van der Waals surface area contributed by atoms with E-state index in [0.717, 1.165) is 0 Å². The fraction of sp³-hybridized carbons (Fsp3) is 0.933. The summed E-state index contributed by atoms with van der Waals surface area (Å²) < 4.78 is 17.0. The maximum Gasteiger partial charge on any atom is 0.411 e. The highest BCUT2D eigenvalue weighted by Crippen LogP contribution is 2.46. The zero-order valence-corrected chi connectivity index (χ0v) is 14.0. The minimum absolute atomic E-state index is 0.635. The number of amides is 1. The molecule has 0 radical (unpaired) electrons. The van der Waals surface area contributed by atoms with Gasteiger partial charge in [-0.3, -0.25) is 4.90 Å². The molecule has 1 amide bonds. The molecule has 132 valence electrons. The summed E-state index contributed by atoms with van der Waals surface area (Å²) in [7, 11) is 0. The van der Waals surface area contributed by atoms with E-state index in [1.54, 1.807) is 34.6 Å². The number of nitrogens with zero attached hydrogens (tertiary/aromatic N) is 1. The predicted octanol–water partition coefficient (Wildman–Crippen LogP) is -0.409. The van der Waals surface area contributed by atoms with Crippen molar-refractivity contribution in [1.82, 2.24) is 4.90 Å². The van der Waals surface area contributed by atoms with Gasteiger partial charge in [-0.25, -0.2) is 4.79 Å². The Balaban J connectivity index is 1.95. The third-order valence-electron chi connectivity index (χ3n) is 4.48. The van der Waals surface area contributed by atoms with Gasteiger partial charge in [0, 0.05) is 0 Å². The first-order valence-corrected chi connectivity index (χ1v) is 7.84. The standard InChI is InChI=1S/C15H25NO7/c1-14(2,3)23-13(20)16-6-8(17)10(19)9(18)7(16)12-11(6)21-15(4,5)22-12/h6-12,17-19H,1-5H3/t6-,7+,8-,9-,10?,11-,12+/m1/s1. The predicted molar refractivity (Wildman–Crippen MR) is 77.5 cm³/mol. The van der Waals surface area contributed by atoms with Crippen LogP contribution >= 0.6 is 0 Å². The maximum atomic E-state index is 12.6. The molecule has 3 N–H and O–H groups in total. The van der Waals surface area contributed by atoms with Gasteiger partial charge in [0.25, 0.3) is 0 Å². The van der Waals surface area contributed by atoms with E-state index in [2.05, 4.69) is 0 Å². The Morgan fingerprint density at radius 1 is 1.00 bits per heavy atom. The Morgan fingerprint density at radius 2 is 1.43 bits per heavy atom. The monoisotopic (exact) mass is 331 g/mol. The van der Waals surface area contributed by atoms with Crippen LogP contribution in [0, 0.1) is 0 Å². The molecular formula is C15H25NO7. The average Bonchev–Trinajstić information content (AvgIpc) is 2.81. The van der Waals surface area contributed by atoms with Crippen LogP contribution in [-0.4, -0.2) is 80.3 Å². The average molecular weight is 331 g/mol. The van der Waals surface area contributed by atoms with Gasteiger partial charge in [-0.15, -0.1) is 0 Å². The summed E-state index contributed by atoms with van der Waals surface area (Å²) in [6, 6.07) is -1.67. The number of hydrogen-bond donors (Lipinski definition) is 3. The van der Waals surface area contributed by atoms with E-state index in [-0.39, 0.29) is 0 Å². The molecule has 3 fully saturated rings. The van der Waals surface area contributed by atoms with Crippen molar-refractivity contribution < 1.29 is 34.3 Å². The van der Waals surface area contributed by atoms with Crippen LogP contribution in [0.15, 0.2) is 0 Å². The molecule has 0 saturated carbocycles. The first-order chi connectivity index (χ1) is 10.4. The van der Waals surface area contributed by atoms with E-state index in [1.807, 2.05) is 0 Å². The second-order valence-corrected chi connectivity index (χ2v) is 7.91. The number of rotatable bonds is 0. The third kappa shape index (κ3) is 2.62. The molecule has 0 aromatic heterocycles. The zero-order valence-electron chi connectivity index (χ0n) is 14.0. The lowest BCUT2D eigenvalue weighted by atomic mass is 9.94. The second-order valence-electron chi connectivity index (χ2n) is 7.91.